The Kier molecular flexibility index (Phi) is 4.52. The molecular formula is C18H16ClF4N3O2. The lowest BCUT2D eigenvalue weighted by molar-refractivity contribution is -0.161. The number of amides is 2. The van der Waals surface area contributed by atoms with Gasteiger partial charge < -0.3 is 14.8 Å². The number of carbonyl (C=O) groups excluding carboxylic acids is 2. The lowest BCUT2D eigenvalue weighted by Crippen LogP contribution is -2.54. The Bertz CT molecular complexity index is 961. The van der Waals surface area contributed by atoms with E-state index in [1.54, 1.807) is 0 Å². The number of fused-ring (bicyclic) bond motifs is 1. The van der Waals surface area contributed by atoms with E-state index < -0.39 is 47.2 Å². The first kappa shape index (κ1) is 19.0. The zero-order valence-corrected chi connectivity index (χ0v) is 15.3. The molecule has 2 amide bonds. The predicted molar refractivity (Wildman–Crippen MR) is 93.4 cm³/mol. The third-order valence-corrected chi connectivity index (χ3v) is 5.69. The number of hydrogen-bond donors (Lipinski definition) is 1. The largest absolute Gasteiger partial charge is 0.348 e. The Morgan fingerprint density at radius 3 is 2.29 bits per heavy atom. The fourth-order valence-corrected chi connectivity index (χ4v) is 3.96. The molecular weight excluding hydrogens is 402 g/mol. The fourth-order valence-electron chi connectivity index (χ4n) is 3.71. The van der Waals surface area contributed by atoms with E-state index in [4.69, 9.17) is 11.6 Å². The Labute approximate surface area is 162 Å². The fraction of sp³-hybridized carbons (Fsp3) is 0.444. The summed E-state index contributed by atoms with van der Waals surface area (Å²) in [5.74, 6) is -6.14. The Balaban J connectivity index is 1.45. The summed E-state index contributed by atoms with van der Waals surface area (Å²) in [5.41, 5.74) is -0.132. The Morgan fingerprint density at radius 2 is 1.68 bits per heavy atom. The second-order valence-electron chi connectivity index (χ2n) is 7.18. The molecule has 1 saturated heterocycles. The molecule has 2 heterocycles. The number of carbonyl (C=O) groups is 2. The standard InChI is InChI=1S/C18H16ClF4N3O2/c19-13-10(20)1-2-11-12(13)14(21)15(24-11)17(28)26-5-3-25(4-6-26)16(27)9-7-18(22,23)8-9/h1-2,9,24H,3-8H2. The van der Waals surface area contributed by atoms with Crippen LogP contribution in [-0.4, -0.2) is 58.7 Å². The highest BCUT2D eigenvalue weighted by atomic mass is 35.5. The minimum absolute atomic E-state index is 0.143. The van der Waals surface area contributed by atoms with Crippen LogP contribution in [0.5, 0.6) is 0 Å². The first-order valence-electron chi connectivity index (χ1n) is 8.79. The number of nitrogens with zero attached hydrogens (tertiary/aromatic N) is 2. The topological polar surface area (TPSA) is 56.4 Å². The molecule has 2 aliphatic rings. The van der Waals surface area contributed by atoms with Gasteiger partial charge in [0.1, 0.15) is 11.5 Å². The van der Waals surface area contributed by atoms with E-state index in [9.17, 15) is 27.2 Å². The first-order valence-corrected chi connectivity index (χ1v) is 9.17. The maximum Gasteiger partial charge on any atom is 0.273 e. The van der Waals surface area contributed by atoms with E-state index in [0.29, 0.717) is 0 Å². The molecule has 4 rings (SSSR count). The molecule has 1 aromatic carbocycles. The number of nitrogens with one attached hydrogen (secondary N) is 1. The van der Waals surface area contributed by atoms with Gasteiger partial charge in [-0.2, -0.15) is 0 Å². The quantitative estimate of drug-likeness (QED) is 0.761. The van der Waals surface area contributed by atoms with Crippen molar-refractivity contribution in [3.05, 3.63) is 34.5 Å². The molecule has 1 saturated carbocycles. The lowest BCUT2D eigenvalue weighted by atomic mass is 9.80. The van der Waals surface area contributed by atoms with Crippen molar-refractivity contribution in [1.29, 1.82) is 0 Å². The molecule has 28 heavy (non-hydrogen) atoms. The number of rotatable bonds is 2. The highest BCUT2D eigenvalue weighted by Crippen LogP contribution is 2.43. The molecule has 1 aromatic heterocycles. The summed E-state index contributed by atoms with van der Waals surface area (Å²) < 4.78 is 54.1. The number of hydrogen-bond acceptors (Lipinski definition) is 2. The van der Waals surface area contributed by atoms with E-state index in [-0.39, 0.29) is 48.7 Å². The summed E-state index contributed by atoms with van der Waals surface area (Å²) in [5, 5.41) is -0.595. The van der Waals surface area contributed by atoms with Gasteiger partial charge in [0.15, 0.2) is 5.82 Å². The number of alkyl halides is 2. The van der Waals surface area contributed by atoms with Crippen molar-refractivity contribution in [2.45, 2.75) is 18.8 Å². The molecule has 10 heteroatoms. The van der Waals surface area contributed by atoms with Gasteiger partial charge in [0.05, 0.1) is 15.9 Å². The normalized spacial score (nSPS) is 19.8. The van der Waals surface area contributed by atoms with Gasteiger partial charge in [0.2, 0.25) is 11.8 Å². The molecule has 2 fully saturated rings. The molecule has 0 bridgehead atoms. The highest BCUT2D eigenvalue weighted by molar-refractivity contribution is 6.35. The van der Waals surface area contributed by atoms with Crippen LogP contribution in [0.2, 0.25) is 5.02 Å². The van der Waals surface area contributed by atoms with Crippen molar-refractivity contribution in [3.8, 4) is 0 Å². The predicted octanol–water partition coefficient (Wildman–Crippen LogP) is 3.43. The SMILES string of the molecule is O=C(c1[nH]c2ccc(F)c(Cl)c2c1F)N1CCN(C(=O)C2CC(F)(F)C2)CC1. The van der Waals surface area contributed by atoms with Crippen molar-refractivity contribution in [1.82, 2.24) is 14.8 Å². The van der Waals surface area contributed by atoms with Crippen LogP contribution in [-0.2, 0) is 4.79 Å². The van der Waals surface area contributed by atoms with Gasteiger partial charge in [-0.25, -0.2) is 17.6 Å². The molecule has 0 spiro atoms. The number of aromatic nitrogens is 1. The van der Waals surface area contributed by atoms with E-state index in [1.807, 2.05) is 0 Å². The number of H-pyrrole nitrogens is 1. The van der Waals surface area contributed by atoms with E-state index in [1.165, 1.54) is 15.9 Å². The van der Waals surface area contributed by atoms with Crippen LogP contribution >= 0.6 is 11.6 Å². The lowest BCUT2D eigenvalue weighted by Gasteiger charge is -2.40. The number of piperazine rings is 1. The second-order valence-corrected chi connectivity index (χ2v) is 7.55. The van der Waals surface area contributed by atoms with Crippen LogP contribution < -0.4 is 0 Å². The van der Waals surface area contributed by atoms with E-state index in [2.05, 4.69) is 4.98 Å². The molecule has 2 aromatic rings. The van der Waals surface area contributed by atoms with Crippen molar-refractivity contribution in [2.24, 2.45) is 5.92 Å². The average Bonchev–Trinajstić information content (AvgIpc) is 2.99. The molecule has 0 radical (unpaired) electrons. The summed E-state index contributed by atoms with van der Waals surface area (Å²) in [4.78, 5) is 30.3. The van der Waals surface area contributed by atoms with Crippen molar-refractivity contribution >= 4 is 34.3 Å². The summed E-state index contributed by atoms with van der Waals surface area (Å²) in [6, 6.07) is 2.37. The minimum atomic E-state index is -2.77. The molecule has 1 N–H and O–H groups in total. The Morgan fingerprint density at radius 1 is 1.07 bits per heavy atom. The number of aromatic amines is 1. The van der Waals surface area contributed by atoms with Crippen LogP contribution in [0.15, 0.2) is 12.1 Å². The minimum Gasteiger partial charge on any atom is -0.348 e. The van der Waals surface area contributed by atoms with E-state index in [0.717, 1.165) is 6.07 Å². The zero-order chi connectivity index (χ0) is 20.2. The smallest absolute Gasteiger partial charge is 0.273 e. The van der Waals surface area contributed by atoms with Crippen molar-refractivity contribution in [3.63, 3.8) is 0 Å². The summed E-state index contributed by atoms with van der Waals surface area (Å²) in [6.07, 6.45) is -0.884. The van der Waals surface area contributed by atoms with Crippen LogP contribution in [0.25, 0.3) is 10.9 Å². The van der Waals surface area contributed by atoms with Crippen LogP contribution in [0.4, 0.5) is 17.6 Å². The molecule has 0 atom stereocenters. The summed E-state index contributed by atoms with van der Waals surface area (Å²) in [7, 11) is 0. The van der Waals surface area contributed by atoms with Crippen LogP contribution in [0.1, 0.15) is 23.3 Å². The highest BCUT2D eigenvalue weighted by Gasteiger charge is 2.50. The van der Waals surface area contributed by atoms with Gasteiger partial charge in [0, 0.05) is 44.9 Å². The van der Waals surface area contributed by atoms with Gasteiger partial charge in [0.25, 0.3) is 5.91 Å². The van der Waals surface area contributed by atoms with Crippen LogP contribution in [0.3, 0.4) is 0 Å². The molecule has 1 aliphatic heterocycles. The number of halogens is 5. The molecule has 1 aliphatic carbocycles. The zero-order valence-electron chi connectivity index (χ0n) is 14.6. The summed E-state index contributed by atoms with van der Waals surface area (Å²) >= 11 is 5.80. The first-order chi connectivity index (χ1) is 13.2. The van der Waals surface area contributed by atoms with E-state index >= 15 is 0 Å². The third-order valence-electron chi connectivity index (χ3n) is 5.33. The maximum absolute atomic E-state index is 14.6. The molecule has 5 nitrogen and oxygen atoms in total. The molecule has 0 unspecified atom stereocenters. The van der Waals surface area contributed by atoms with Crippen molar-refractivity contribution in [2.75, 3.05) is 26.2 Å². The monoisotopic (exact) mass is 417 g/mol. The second kappa shape index (κ2) is 6.65. The van der Waals surface area contributed by atoms with Gasteiger partial charge in [-0.05, 0) is 12.1 Å². The molecule has 150 valence electrons. The maximum atomic E-state index is 14.6. The summed E-state index contributed by atoms with van der Waals surface area (Å²) in [6.45, 7) is 0.656. The average molecular weight is 418 g/mol. The van der Waals surface area contributed by atoms with Gasteiger partial charge in [-0.3, -0.25) is 9.59 Å². The Hall–Kier alpha value is -2.29. The number of benzene rings is 1. The van der Waals surface area contributed by atoms with Crippen LogP contribution in [0, 0.1) is 17.6 Å². The van der Waals surface area contributed by atoms with Gasteiger partial charge in [-0.15, -0.1) is 0 Å². The van der Waals surface area contributed by atoms with Gasteiger partial charge >= 0.3 is 0 Å². The van der Waals surface area contributed by atoms with Crippen molar-refractivity contribution < 1.29 is 27.2 Å². The van der Waals surface area contributed by atoms with Gasteiger partial charge in [-0.1, -0.05) is 11.6 Å². The third kappa shape index (κ3) is 3.11.